The lowest BCUT2D eigenvalue weighted by molar-refractivity contribution is 0.490. The third-order valence-electron chi connectivity index (χ3n) is 3.72. The van der Waals surface area contributed by atoms with Crippen LogP contribution in [0.2, 0.25) is 0 Å². The maximum Gasteiger partial charge on any atom is 0.190 e. The Bertz CT molecular complexity index is 550. The zero-order valence-corrected chi connectivity index (χ0v) is 12.2. The minimum absolute atomic E-state index is 0.429. The molecule has 0 saturated heterocycles. The average molecular weight is 273 g/mol. The molecule has 0 bridgehead atoms. The third kappa shape index (κ3) is 2.38. The number of nitrogens with one attached hydrogen (secondary N) is 1. The van der Waals surface area contributed by atoms with Crippen LogP contribution in [0.5, 0.6) is 0 Å². The molecule has 0 aliphatic heterocycles. The molecule has 1 unspecified atom stereocenters. The number of rotatable bonds is 3. The fourth-order valence-electron chi connectivity index (χ4n) is 2.59. The van der Waals surface area contributed by atoms with Crippen molar-refractivity contribution in [2.45, 2.75) is 25.3 Å². The first-order chi connectivity index (χ1) is 9.29. The lowest BCUT2D eigenvalue weighted by Gasteiger charge is -2.20. The molecule has 0 fully saturated rings. The van der Waals surface area contributed by atoms with Gasteiger partial charge in [0.2, 0.25) is 0 Å². The summed E-state index contributed by atoms with van der Waals surface area (Å²) >= 11 is 1.83. The molecule has 0 saturated carbocycles. The minimum atomic E-state index is 0.429. The number of nitrogens with zero attached hydrogens (tertiary/aromatic N) is 2. The number of benzene rings is 1. The second kappa shape index (κ2) is 5.31. The van der Waals surface area contributed by atoms with Gasteiger partial charge in [0.15, 0.2) is 5.13 Å². The SMILES string of the molecule is CNC1CCCc2sc(N(C)c3ccccc3)nc21. The summed E-state index contributed by atoms with van der Waals surface area (Å²) in [6, 6.07) is 10.8. The first kappa shape index (κ1) is 12.6. The summed E-state index contributed by atoms with van der Waals surface area (Å²) in [4.78, 5) is 8.49. The monoisotopic (exact) mass is 273 g/mol. The van der Waals surface area contributed by atoms with Gasteiger partial charge in [-0.3, -0.25) is 0 Å². The summed E-state index contributed by atoms with van der Waals surface area (Å²) in [6.45, 7) is 0. The van der Waals surface area contributed by atoms with Crippen LogP contribution in [0, 0.1) is 0 Å². The van der Waals surface area contributed by atoms with Gasteiger partial charge in [0.1, 0.15) is 0 Å². The van der Waals surface area contributed by atoms with E-state index in [1.165, 1.54) is 35.5 Å². The highest BCUT2D eigenvalue weighted by Gasteiger charge is 2.24. The highest BCUT2D eigenvalue weighted by molar-refractivity contribution is 7.15. The first-order valence-electron chi connectivity index (χ1n) is 6.75. The number of thiazole rings is 1. The molecule has 0 spiro atoms. The molecule has 100 valence electrons. The van der Waals surface area contributed by atoms with E-state index in [4.69, 9.17) is 4.98 Å². The van der Waals surface area contributed by atoms with E-state index in [9.17, 15) is 0 Å². The van der Waals surface area contributed by atoms with Crippen molar-refractivity contribution in [2.24, 2.45) is 0 Å². The molecule has 4 heteroatoms. The van der Waals surface area contributed by atoms with Gasteiger partial charge in [-0.1, -0.05) is 18.2 Å². The molecule has 1 N–H and O–H groups in total. The van der Waals surface area contributed by atoms with Crippen molar-refractivity contribution in [1.29, 1.82) is 0 Å². The van der Waals surface area contributed by atoms with Crippen LogP contribution in [0.15, 0.2) is 30.3 Å². The van der Waals surface area contributed by atoms with Crippen LogP contribution in [0.3, 0.4) is 0 Å². The van der Waals surface area contributed by atoms with Gasteiger partial charge in [-0.05, 0) is 38.4 Å². The van der Waals surface area contributed by atoms with Crippen LogP contribution in [0.4, 0.5) is 10.8 Å². The Morgan fingerprint density at radius 1 is 1.32 bits per heavy atom. The number of para-hydroxylation sites is 1. The van der Waals surface area contributed by atoms with Crippen molar-refractivity contribution >= 4 is 22.2 Å². The zero-order chi connectivity index (χ0) is 13.2. The number of hydrogen-bond donors (Lipinski definition) is 1. The second-order valence-corrected chi connectivity index (χ2v) is 5.99. The Balaban J connectivity index is 1.92. The predicted octanol–water partition coefficient (Wildman–Crippen LogP) is 3.51. The van der Waals surface area contributed by atoms with E-state index in [-0.39, 0.29) is 0 Å². The molecule has 1 aromatic carbocycles. The zero-order valence-electron chi connectivity index (χ0n) is 11.4. The quantitative estimate of drug-likeness (QED) is 0.927. The topological polar surface area (TPSA) is 28.2 Å². The Labute approximate surface area is 118 Å². The standard InChI is InChI=1S/C15H19N3S/c1-16-12-9-6-10-13-14(12)17-15(19-13)18(2)11-7-4-3-5-8-11/h3-5,7-8,12,16H,6,9-10H2,1-2H3. The Kier molecular flexibility index (Phi) is 3.53. The maximum atomic E-state index is 4.86. The van der Waals surface area contributed by atoms with Gasteiger partial charge in [-0.2, -0.15) is 0 Å². The fourth-order valence-corrected chi connectivity index (χ4v) is 3.74. The van der Waals surface area contributed by atoms with Crippen LogP contribution in [-0.2, 0) is 6.42 Å². The highest BCUT2D eigenvalue weighted by Crippen LogP contribution is 2.37. The maximum absolute atomic E-state index is 4.86. The second-order valence-electron chi connectivity index (χ2n) is 4.93. The Morgan fingerprint density at radius 3 is 2.84 bits per heavy atom. The van der Waals surface area contributed by atoms with E-state index in [0.717, 1.165) is 5.13 Å². The van der Waals surface area contributed by atoms with Gasteiger partial charge in [-0.15, -0.1) is 11.3 Å². The molecule has 1 aromatic heterocycles. The molecule has 3 rings (SSSR count). The van der Waals surface area contributed by atoms with Crippen molar-refractivity contribution in [2.75, 3.05) is 19.0 Å². The van der Waals surface area contributed by atoms with Crippen LogP contribution < -0.4 is 10.2 Å². The molecule has 1 aliphatic rings. The van der Waals surface area contributed by atoms with Crippen molar-refractivity contribution in [3.05, 3.63) is 40.9 Å². The largest absolute Gasteiger partial charge is 0.321 e. The summed E-state index contributed by atoms with van der Waals surface area (Å²) in [5, 5.41) is 4.47. The first-order valence-corrected chi connectivity index (χ1v) is 7.57. The lowest BCUT2D eigenvalue weighted by atomic mass is 9.98. The van der Waals surface area contributed by atoms with Gasteiger partial charge in [-0.25, -0.2) is 4.98 Å². The number of aryl methyl sites for hydroxylation is 1. The lowest BCUT2D eigenvalue weighted by Crippen LogP contribution is -2.21. The number of anilines is 2. The smallest absolute Gasteiger partial charge is 0.190 e. The molecule has 1 heterocycles. The van der Waals surface area contributed by atoms with Gasteiger partial charge < -0.3 is 10.2 Å². The number of fused-ring (bicyclic) bond motifs is 1. The minimum Gasteiger partial charge on any atom is -0.321 e. The summed E-state index contributed by atoms with van der Waals surface area (Å²) in [5.74, 6) is 0. The van der Waals surface area contributed by atoms with Crippen LogP contribution >= 0.6 is 11.3 Å². The van der Waals surface area contributed by atoms with E-state index >= 15 is 0 Å². The van der Waals surface area contributed by atoms with E-state index < -0.39 is 0 Å². The average Bonchev–Trinajstić information content (AvgIpc) is 2.91. The molecule has 2 aromatic rings. The third-order valence-corrected chi connectivity index (χ3v) is 4.93. The van der Waals surface area contributed by atoms with Crippen molar-refractivity contribution in [1.82, 2.24) is 10.3 Å². The Hall–Kier alpha value is -1.39. The summed E-state index contributed by atoms with van der Waals surface area (Å²) < 4.78 is 0. The molecule has 0 radical (unpaired) electrons. The van der Waals surface area contributed by atoms with Gasteiger partial charge in [0.25, 0.3) is 0 Å². The molecule has 0 amide bonds. The summed E-state index contributed by atoms with van der Waals surface area (Å²) in [6.07, 6.45) is 3.63. The number of aromatic nitrogens is 1. The van der Waals surface area contributed by atoms with Crippen LogP contribution in [-0.4, -0.2) is 19.1 Å². The van der Waals surface area contributed by atoms with E-state index in [1.54, 1.807) is 0 Å². The van der Waals surface area contributed by atoms with Crippen LogP contribution in [0.1, 0.15) is 29.5 Å². The van der Waals surface area contributed by atoms with Crippen LogP contribution in [0.25, 0.3) is 0 Å². The predicted molar refractivity (Wildman–Crippen MR) is 81.4 cm³/mol. The molecule has 1 atom stereocenters. The van der Waals surface area contributed by atoms with Gasteiger partial charge >= 0.3 is 0 Å². The van der Waals surface area contributed by atoms with Gasteiger partial charge in [0, 0.05) is 17.6 Å². The Morgan fingerprint density at radius 2 is 2.11 bits per heavy atom. The summed E-state index contributed by atoms with van der Waals surface area (Å²) in [7, 11) is 4.12. The molecule has 1 aliphatic carbocycles. The van der Waals surface area contributed by atoms with E-state index in [2.05, 4.69) is 41.5 Å². The highest BCUT2D eigenvalue weighted by atomic mass is 32.1. The van der Waals surface area contributed by atoms with Crippen molar-refractivity contribution in [3.63, 3.8) is 0 Å². The molecular weight excluding hydrogens is 254 g/mol. The molecular formula is C15H19N3S. The molecule has 19 heavy (non-hydrogen) atoms. The number of hydrogen-bond acceptors (Lipinski definition) is 4. The normalized spacial score (nSPS) is 18.1. The molecule has 3 nitrogen and oxygen atoms in total. The van der Waals surface area contributed by atoms with Crippen molar-refractivity contribution < 1.29 is 0 Å². The van der Waals surface area contributed by atoms with Gasteiger partial charge in [0.05, 0.1) is 11.7 Å². The summed E-state index contributed by atoms with van der Waals surface area (Å²) in [5.41, 5.74) is 2.45. The van der Waals surface area contributed by atoms with E-state index in [1.807, 2.05) is 24.5 Å². The fraction of sp³-hybridized carbons (Fsp3) is 0.400. The van der Waals surface area contributed by atoms with E-state index in [0.29, 0.717) is 6.04 Å². The van der Waals surface area contributed by atoms with Crippen molar-refractivity contribution in [3.8, 4) is 0 Å².